The molecular formula is C18H33N. The minimum Gasteiger partial charge on any atom is -0.367 e. The first-order valence-corrected chi connectivity index (χ1v) is 8.53. The summed E-state index contributed by atoms with van der Waals surface area (Å²) in [5.74, 6) is 0. The van der Waals surface area contributed by atoms with Crippen molar-refractivity contribution in [2.45, 2.75) is 90.9 Å². The summed E-state index contributed by atoms with van der Waals surface area (Å²) in [4.78, 5) is 3.26. The molecule has 0 fully saturated rings. The molecular weight excluding hydrogens is 230 g/mol. The second kappa shape index (κ2) is 11.1. The standard InChI is InChI=1S/C18H33N/c1-3-5-6-7-8-9-10-11-12-14-18-16-19-15-17(18)13-4-2/h15-16,19H,3-14H2,1-2H3. The number of aromatic nitrogens is 1. The Hall–Kier alpha value is -0.720. The highest BCUT2D eigenvalue weighted by atomic mass is 14.6. The van der Waals surface area contributed by atoms with Crippen LogP contribution in [0.5, 0.6) is 0 Å². The molecule has 0 atom stereocenters. The van der Waals surface area contributed by atoms with Gasteiger partial charge < -0.3 is 4.98 Å². The van der Waals surface area contributed by atoms with Gasteiger partial charge in [-0.3, -0.25) is 0 Å². The molecule has 1 N–H and O–H groups in total. The largest absolute Gasteiger partial charge is 0.367 e. The van der Waals surface area contributed by atoms with E-state index in [4.69, 9.17) is 0 Å². The number of hydrogen-bond acceptors (Lipinski definition) is 0. The van der Waals surface area contributed by atoms with Gasteiger partial charge in [0.25, 0.3) is 0 Å². The van der Waals surface area contributed by atoms with Crippen LogP contribution in [0.1, 0.15) is 89.2 Å². The van der Waals surface area contributed by atoms with Crippen molar-refractivity contribution in [2.24, 2.45) is 0 Å². The van der Waals surface area contributed by atoms with Crippen LogP contribution in [0.2, 0.25) is 0 Å². The van der Waals surface area contributed by atoms with Crippen LogP contribution in [0.3, 0.4) is 0 Å². The third kappa shape index (κ3) is 7.44. The fourth-order valence-electron chi connectivity index (χ4n) is 2.79. The van der Waals surface area contributed by atoms with E-state index < -0.39 is 0 Å². The van der Waals surface area contributed by atoms with Crippen molar-refractivity contribution in [3.8, 4) is 0 Å². The van der Waals surface area contributed by atoms with Crippen molar-refractivity contribution in [3.63, 3.8) is 0 Å². The van der Waals surface area contributed by atoms with Crippen molar-refractivity contribution in [1.82, 2.24) is 4.98 Å². The molecule has 0 aromatic carbocycles. The maximum absolute atomic E-state index is 3.26. The Labute approximate surface area is 120 Å². The maximum Gasteiger partial charge on any atom is 0.00401 e. The van der Waals surface area contributed by atoms with Crippen molar-refractivity contribution >= 4 is 0 Å². The Morgan fingerprint density at radius 2 is 1.16 bits per heavy atom. The minimum atomic E-state index is 1.23. The van der Waals surface area contributed by atoms with Gasteiger partial charge in [0.1, 0.15) is 0 Å². The molecule has 1 heterocycles. The van der Waals surface area contributed by atoms with E-state index in [9.17, 15) is 0 Å². The Kier molecular flexibility index (Phi) is 9.57. The number of nitrogens with one attached hydrogen (secondary N) is 1. The van der Waals surface area contributed by atoms with Gasteiger partial charge in [0.15, 0.2) is 0 Å². The van der Waals surface area contributed by atoms with Crippen LogP contribution in [-0.4, -0.2) is 4.98 Å². The molecule has 1 aromatic rings. The first-order valence-electron chi connectivity index (χ1n) is 8.53. The molecule has 0 bridgehead atoms. The second-order valence-electron chi connectivity index (χ2n) is 5.83. The fraction of sp³-hybridized carbons (Fsp3) is 0.778. The van der Waals surface area contributed by atoms with E-state index in [2.05, 4.69) is 31.2 Å². The molecule has 0 saturated heterocycles. The second-order valence-corrected chi connectivity index (χ2v) is 5.83. The SMILES string of the molecule is CCCCCCCCCCCc1c[nH]cc1CCC. The summed E-state index contributed by atoms with van der Waals surface area (Å²) in [5, 5.41) is 0. The molecule has 0 unspecified atom stereocenters. The zero-order chi connectivity index (χ0) is 13.8. The molecule has 0 amide bonds. The maximum atomic E-state index is 3.26. The quantitative estimate of drug-likeness (QED) is 0.442. The number of rotatable bonds is 12. The fourth-order valence-corrected chi connectivity index (χ4v) is 2.79. The molecule has 0 spiro atoms. The van der Waals surface area contributed by atoms with E-state index in [0.29, 0.717) is 0 Å². The van der Waals surface area contributed by atoms with E-state index in [1.165, 1.54) is 77.0 Å². The van der Waals surface area contributed by atoms with Crippen LogP contribution >= 0.6 is 0 Å². The average molecular weight is 263 g/mol. The van der Waals surface area contributed by atoms with Crippen molar-refractivity contribution in [1.29, 1.82) is 0 Å². The Balaban J connectivity index is 1.97. The number of H-pyrrole nitrogens is 1. The van der Waals surface area contributed by atoms with Gasteiger partial charge in [-0.05, 0) is 30.4 Å². The molecule has 0 aliphatic rings. The molecule has 1 nitrogen and oxygen atoms in total. The number of aromatic amines is 1. The van der Waals surface area contributed by atoms with Crippen LogP contribution in [0.4, 0.5) is 0 Å². The van der Waals surface area contributed by atoms with Gasteiger partial charge in [-0.25, -0.2) is 0 Å². The summed E-state index contributed by atoms with van der Waals surface area (Å²) >= 11 is 0. The van der Waals surface area contributed by atoms with E-state index >= 15 is 0 Å². The number of hydrogen-bond donors (Lipinski definition) is 1. The lowest BCUT2D eigenvalue weighted by atomic mass is 10.0. The highest BCUT2D eigenvalue weighted by Gasteiger charge is 2.02. The van der Waals surface area contributed by atoms with Gasteiger partial charge in [0.2, 0.25) is 0 Å². The van der Waals surface area contributed by atoms with Crippen molar-refractivity contribution in [3.05, 3.63) is 23.5 Å². The molecule has 0 saturated carbocycles. The predicted molar refractivity (Wildman–Crippen MR) is 85.7 cm³/mol. The number of unbranched alkanes of at least 4 members (excludes halogenated alkanes) is 8. The van der Waals surface area contributed by atoms with Gasteiger partial charge in [-0.2, -0.15) is 0 Å². The third-order valence-electron chi connectivity index (χ3n) is 4.00. The Morgan fingerprint density at radius 1 is 0.632 bits per heavy atom. The molecule has 1 aromatic heterocycles. The van der Waals surface area contributed by atoms with Gasteiger partial charge in [-0.1, -0.05) is 71.6 Å². The third-order valence-corrected chi connectivity index (χ3v) is 4.00. The molecule has 0 aliphatic heterocycles. The summed E-state index contributed by atoms with van der Waals surface area (Å²) in [6, 6.07) is 0. The summed E-state index contributed by atoms with van der Waals surface area (Å²) in [6.45, 7) is 4.54. The van der Waals surface area contributed by atoms with Gasteiger partial charge >= 0.3 is 0 Å². The Bertz CT molecular complexity index is 300. The molecule has 0 radical (unpaired) electrons. The topological polar surface area (TPSA) is 15.8 Å². The van der Waals surface area contributed by atoms with Crippen LogP contribution in [0.15, 0.2) is 12.4 Å². The molecule has 1 heteroatoms. The molecule has 19 heavy (non-hydrogen) atoms. The first-order chi connectivity index (χ1) is 9.38. The predicted octanol–water partition coefficient (Wildman–Crippen LogP) is 6.04. The normalized spacial score (nSPS) is 11.1. The number of aryl methyl sites for hydroxylation is 2. The van der Waals surface area contributed by atoms with Gasteiger partial charge in [0, 0.05) is 12.4 Å². The first kappa shape index (κ1) is 16.3. The molecule has 110 valence electrons. The van der Waals surface area contributed by atoms with Crippen LogP contribution in [0, 0.1) is 0 Å². The monoisotopic (exact) mass is 263 g/mol. The van der Waals surface area contributed by atoms with Gasteiger partial charge in [-0.15, -0.1) is 0 Å². The van der Waals surface area contributed by atoms with Crippen molar-refractivity contribution in [2.75, 3.05) is 0 Å². The average Bonchev–Trinajstić information content (AvgIpc) is 2.85. The minimum absolute atomic E-state index is 1.23. The lowest BCUT2D eigenvalue weighted by Crippen LogP contribution is -1.90. The highest BCUT2D eigenvalue weighted by molar-refractivity contribution is 5.23. The smallest absolute Gasteiger partial charge is 0.00401 e. The zero-order valence-corrected chi connectivity index (χ0v) is 13.1. The van der Waals surface area contributed by atoms with Crippen molar-refractivity contribution < 1.29 is 0 Å². The molecule has 0 aliphatic carbocycles. The lowest BCUT2D eigenvalue weighted by Gasteiger charge is -2.03. The van der Waals surface area contributed by atoms with E-state index in [1.54, 1.807) is 11.1 Å². The van der Waals surface area contributed by atoms with E-state index in [0.717, 1.165) is 0 Å². The Morgan fingerprint density at radius 3 is 1.74 bits per heavy atom. The van der Waals surface area contributed by atoms with E-state index in [-0.39, 0.29) is 0 Å². The zero-order valence-electron chi connectivity index (χ0n) is 13.1. The van der Waals surface area contributed by atoms with Crippen LogP contribution < -0.4 is 0 Å². The van der Waals surface area contributed by atoms with Crippen LogP contribution in [0.25, 0.3) is 0 Å². The summed E-state index contributed by atoms with van der Waals surface area (Å²) in [7, 11) is 0. The lowest BCUT2D eigenvalue weighted by molar-refractivity contribution is 0.564. The summed E-state index contributed by atoms with van der Waals surface area (Å²) in [6.07, 6.45) is 20.9. The van der Waals surface area contributed by atoms with Gasteiger partial charge in [0.05, 0.1) is 0 Å². The summed E-state index contributed by atoms with van der Waals surface area (Å²) < 4.78 is 0. The van der Waals surface area contributed by atoms with E-state index in [1.807, 2.05) is 0 Å². The van der Waals surface area contributed by atoms with Crippen LogP contribution in [-0.2, 0) is 12.8 Å². The highest BCUT2D eigenvalue weighted by Crippen LogP contribution is 2.15. The summed E-state index contributed by atoms with van der Waals surface area (Å²) in [5.41, 5.74) is 3.10. The molecule has 1 rings (SSSR count).